The van der Waals surface area contributed by atoms with Gasteiger partial charge in [0.25, 0.3) is 0 Å². The van der Waals surface area contributed by atoms with E-state index in [1.807, 2.05) is 11.2 Å². The van der Waals surface area contributed by atoms with Crippen molar-refractivity contribution in [2.45, 2.75) is 31.7 Å². The minimum atomic E-state index is -0.345. The maximum Gasteiger partial charge on any atom is 0.217 e. The van der Waals surface area contributed by atoms with Gasteiger partial charge in [-0.05, 0) is 25.9 Å². The first-order valence-corrected chi connectivity index (χ1v) is 4.35. The summed E-state index contributed by atoms with van der Waals surface area (Å²) in [5.74, 6) is 0. The van der Waals surface area contributed by atoms with E-state index < -0.39 is 0 Å². The third-order valence-corrected chi connectivity index (χ3v) is 2.24. The topological polar surface area (TPSA) is 37.4 Å². The Morgan fingerprint density at radius 3 is 2.33 bits per heavy atom. The second-order valence-electron chi connectivity index (χ2n) is 3.08. The molecule has 1 aliphatic rings. The van der Waals surface area contributed by atoms with E-state index in [9.17, 15) is 9.59 Å². The lowest BCUT2D eigenvalue weighted by atomic mass is 10.1. The van der Waals surface area contributed by atoms with Crippen LogP contribution in [0.15, 0.2) is 0 Å². The van der Waals surface area contributed by atoms with E-state index in [-0.39, 0.29) is 12.5 Å². The lowest BCUT2D eigenvalue weighted by Crippen LogP contribution is -2.40. The lowest BCUT2D eigenvalue weighted by molar-refractivity contribution is 0.200. The SMILES string of the molecule is O=[C]CC([C]=O)N1CCCCC1. The van der Waals surface area contributed by atoms with Crippen LogP contribution in [0.1, 0.15) is 25.7 Å². The summed E-state index contributed by atoms with van der Waals surface area (Å²) in [7, 11) is 0. The van der Waals surface area contributed by atoms with Crippen LogP contribution in [0.25, 0.3) is 0 Å². The maximum absolute atomic E-state index is 10.4. The van der Waals surface area contributed by atoms with Gasteiger partial charge in [-0.3, -0.25) is 14.5 Å². The van der Waals surface area contributed by atoms with E-state index in [2.05, 4.69) is 0 Å². The third-order valence-electron chi connectivity index (χ3n) is 2.24. The molecule has 0 aromatic rings. The van der Waals surface area contributed by atoms with Crippen LogP contribution < -0.4 is 0 Å². The van der Waals surface area contributed by atoms with Crippen molar-refractivity contribution < 1.29 is 9.59 Å². The Bertz CT molecular complexity index is 153. The highest BCUT2D eigenvalue weighted by Gasteiger charge is 2.20. The lowest BCUT2D eigenvalue weighted by Gasteiger charge is -2.29. The first-order valence-electron chi connectivity index (χ1n) is 4.35. The van der Waals surface area contributed by atoms with Gasteiger partial charge < -0.3 is 0 Å². The molecule has 0 saturated carbocycles. The quantitative estimate of drug-likeness (QED) is 0.610. The Labute approximate surface area is 72.7 Å². The van der Waals surface area contributed by atoms with Crippen LogP contribution in [0.4, 0.5) is 0 Å². The summed E-state index contributed by atoms with van der Waals surface area (Å²) < 4.78 is 0. The molecular weight excluding hydrogens is 154 g/mol. The Hall–Kier alpha value is -0.700. The third kappa shape index (κ3) is 2.41. The highest BCUT2D eigenvalue weighted by atomic mass is 16.1. The molecule has 12 heavy (non-hydrogen) atoms. The van der Waals surface area contributed by atoms with Gasteiger partial charge in [-0.15, -0.1) is 0 Å². The zero-order chi connectivity index (χ0) is 8.81. The fraction of sp³-hybridized carbons (Fsp3) is 0.778. The van der Waals surface area contributed by atoms with Gasteiger partial charge in [0.15, 0.2) is 6.29 Å². The number of nitrogens with zero attached hydrogens (tertiary/aromatic N) is 1. The van der Waals surface area contributed by atoms with Crippen molar-refractivity contribution in [3.05, 3.63) is 0 Å². The molecule has 66 valence electrons. The number of hydrogen-bond donors (Lipinski definition) is 0. The van der Waals surface area contributed by atoms with Crippen LogP contribution in [-0.2, 0) is 9.59 Å². The molecule has 0 N–H and O–H groups in total. The molecule has 0 aromatic carbocycles. The van der Waals surface area contributed by atoms with Crippen LogP contribution in [-0.4, -0.2) is 36.6 Å². The average molecular weight is 167 g/mol. The van der Waals surface area contributed by atoms with Gasteiger partial charge in [-0.25, -0.2) is 0 Å². The van der Waals surface area contributed by atoms with Crippen molar-refractivity contribution in [3.8, 4) is 0 Å². The van der Waals surface area contributed by atoms with E-state index in [1.54, 1.807) is 6.29 Å². The van der Waals surface area contributed by atoms with Crippen LogP contribution in [0.3, 0.4) is 0 Å². The summed E-state index contributed by atoms with van der Waals surface area (Å²) in [6.45, 7) is 1.84. The summed E-state index contributed by atoms with van der Waals surface area (Å²) in [5, 5.41) is 0. The van der Waals surface area contributed by atoms with E-state index in [1.165, 1.54) is 6.42 Å². The van der Waals surface area contributed by atoms with Gasteiger partial charge in [0.2, 0.25) is 6.29 Å². The van der Waals surface area contributed by atoms with E-state index >= 15 is 0 Å². The molecule has 3 heteroatoms. The van der Waals surface area contributed by atoms with E-state index in [4.69, 9.17) is 0 Å². The van der Waals surface area contributed by atoms with Crippen molar-refractivity contribution in [1.29, 1.82) is 0 Å². The van der Waals surface area contributed by atoms with Crippen molar-refractivity contribution >= 4 is 12.6 Å². The molecule has 1 saturated heterocycles. The van der Waals surface area contributed by atoms with Gasteiger partial charge >= 0.3 is 0 Å². The molecule has 3 nitrogen and oxygen atoms in total. The van der Waals surface area contributed by atoms with Gasteiger partial charge in [0, 0.05) is 6.42 Å². The number of hydrogen-bond acceptors (Lipinski definition) is 3. The molecule has 0 spiro atoms. The van der Waals surface area contributed by atoms with Crippen molar-refractivity contribution in [2.24, 2.45) is 0 Å². The molecule has 0 amide bonds. The number of likely N-dealkylation sites (tertiary alicyclic amines) is 1. The van der Waals surface area contributed by atoms with E-state index in [0.29, 0.717) is 0 Å². The first-order chi connectivity index (χ1) is 5.88. The molecule has 1 rings (SSSR count). The highest BCUT2D eigenvalue weighted by Crippen LogP contribution is 2.12. The number of carbonyl (C=O) groups excluding carboxylic acids is 2. The minimum absolute atomic E-state index is 0.170. The number of rotatable bonds is 4. The van der Waals surface area contributed by atoms with E-state index in [0.717, 1.165) is 25.9 Å². The van der Waals surface area contributed by atoms with Gasteiger partial charge in [-0.2, -0.15) is 0 Å². The molecule has 1 atom stereocenters. The molecule has 1 heterocycles. The fourth-order valence-corrected chi connectivity index (χ4v) is 1.55. The molecule has 0 aromatic heterocycles. The Morgan fingerprint density at radius 1 is 1.17 bits per heavy atom. The van der Waals surface area contributed by atoms with Crippen LogP contribution >= 0.6 is 0 Å². The molecule has 2 radical (unpaired) electrons. The van der Waals surface area contributed by atoms with Gasteiger partial charge in [0.05, 0.1) is 6.04 Å². The summed E-state index contributed by atoms with van der Waals surface area (Å²) in [5.41, 5.74) is 0. The summed E-state index contributed by atoms with van der Waals surface area (Å²) in [6.07, 6.45) is 7.29. The average Bonchev–Trinajstić information content (AvgIpc) is 2.15. The molecule has 1 fully saturated rings. The van der Waals surface area contributed by atoms with Gasteiger partial charge in [-0.1, -0.05) is 6.42 Å². The Morgan fingerprint density at radius 2 is 1.83 bits per heavy atom. The van der Waals surface area contributed by atoms with Gasteiger partial charge in [0.1, 0.15) is 0 Å². The summed E-state index contributed by atoms with van der Waals surface area (Å²) >= 11 is 0. The zero-order valence-corrected chi connectivity index (χ0v) is 7.08. The van der Waals surface area contributed by atoms with Crippen LogP contribution in [0.2, 0.25) is 0 Å². The molecule has 1 unspecified atom stereocenters. The monoisotopic (exact) mass is 167 g/mol. The maximum atomic E-state index is 10.4. The zero-order valence-electron chi connectivity index (χ0n) is 7.08. The molecule has 0 aliphatic carbocycles. The summed E-state index contributed by atoms with van der Waals surface area (Å²) in [6, 6.07) is -0.345. The summed E-state index contributed by atoms with van der Waals surface area (Å²) in [4.78, 5) is 22.6. The number of piperidine rings is 1. The Kier molecular flexibility index (Phi) is 3.94. The smallest absolute Gasteiger partial charge is 0.217 e. The minimum Gasteiger partial charge on any atom is -0.293 e. The van der Waals surface area contributed by atoms with Crippen LogP contribution in [0.5, 0.6) is 0 Å². The molecular formula is C9H13NO2. The molecule has 0 bridgehead atoms. The second-order valence-corrected chi connectivity index (χ2v) is 3.08. The van der Waals surface area contributed by atoms with Crippen molar-refractivity contribution in [1.82, 2.24) is 4.90 Å². The highest BCUT2D eigenvalue weighted by molar-refractivity contribution is 5.66. The fourth-order valence-electron chi connectivity index (χ4n) is 1.55. The largest absolute Gasteiger partial charge is 0.293 e. The predicted octanol–water partition coefficient (Wildman–Crippen LogP) is 0.450. The molecule has 1 aliphatic heterocycles. The predicted molar refractivity (Wildman–Crippen MR) is 45.2 cm³/mol. The normalized spacial score (nSPS) is 21.7. The first kappa shape index (κ1) is 9.39. The standard InChI is InChI=1S/C9H13NO2/c11-7-4-9(8-12)10-5-2-1-3-6-10/h9H,1-6H2. The van der Waals surface area contributed by atoms with Crippen molar-refractivity contribution in [2.75, 3.05) is 13.1 Å². The second kappa shape index (κ2) is 5.04. The van der Waals surface area contributed by atoms with Crippen LogP contribution in [0, 0.1) is 0 Å². The van der Waals surface area contributed by atoms with Crippen molar-refractivity contribution in [3.63, 3.8) is 0 Å². The Balaban J connectivity index is 2.39.